The van der Waals surface area contributed by atoms with Gasteiger partial charge < -0.3 is 134 Å². The van der Waals surface area contributed by atoms with E-state index in [0.717, 1.165) is 0 Å². The summed E-state index contributed by atoms with van der Waals surface area (Å²) in [6, 6.07) is 1.18. The van der Waals surface area contributed by atoms with Crippen LogP contribution in [0.5, 0.6) is 0 Å². The van der Waals surface area contributed by atoms with E-state index in [1.165, 1.54) is 0 Å². The Morgan fingerprint density at radius 3 is 1.20 bits per heavy atom. The minimum atomic E-state index is -1.37. The van der Waals surface area contributed by atoms with Crippen molar-refractivity contribution in [3.8, 4) is 0 Å². The van der Waals surface area contributed by atoms with Crippen molar-refractivity contribution in [2.75, 3.05) is 67.6 Å². The predicted molar refractivity (Wildman–Crippen MR) is 299 cm³/mol. The molecule has 6 fully saturated rings. The maximum atomic E-state index is 13.3. The summed E-state index contributed by atoms with van der Waals surface area (Å²) in [5, 5.41) is 92.0. The smallest absolute Gasteiger partial charge is 0.251 e. The SMILES string of the molecule is CNC(C)[C@@H]1CCC(NCCNC(=O)c2ccc(C(=O)NCCN[C@@H]3CC[C@@H](C(C)NC)OC3OC3[C@H](O)C(OC4OC[C@](C)(O)[C@H](NC)[C@H]4O)[C@H](N)C[C@@H]3N)cc2)C(OC2[C@H](O)C(OC3OC[C@](C)(O)[C@H](NC)[C@H]3O)[C@H](N)C[C@@H]2N)O1. The fourth-order valence-corrected chi connectivity index (χ4v) is 12.3. The maximum Gasteiger partial charge on any atom is 0.251 e. The molecule has 28 heteroatoms. The Hall–Kier alpha value is -2.80. The molecule has 1 aromatic carbocycles. The van der Waals surface area contributed by atoms with Gasteiger partial charge in [0.25, 0.3) is 11.8 Å². The molecule has 0 aromatic heterocycles. The highest BCUT2D eigenvalue weighted by Gasteiger charge is 2.53. The molecule has 6 aliphatic rings. The Morgan fingerprint density at radius 2 is 0.878 bits per heavy atom. The monoisotopic (exact) mass is 1170 g/mol. The van der Waals surface area contributed by atoms with Crippen LogP contribution < -0.4 is 65.5 Å². The van der Waals surface area contributed by atoms with Gasteiger partial charge in [-0.1, -0.05) is 0 Å². The fraction of sp³-hybridized carbons (Fsp3) is 0.852. The van der Waals surface area contributed by atoms with E-state index >= 15 is 0 Å². The van der Waals surface area contributed by atoms with Crippen molar-refractivity contribution in [2.24, 2.45) is 22.9 Å². The number of hydrogen-bond acceptors (Lipinski definition) is 26. The number of benzene rings is 1. The van der Waals surface area contributed by atoms with Crippen LogP contribution in [-0.4, -0.2) is 268 Å². The summed E-state index contributed by atoms with van der Waals surface area (Å²) in [5.41, 5.74) is 24.1. The number of nitrogens with one attached hydrogen (secondary N) is 8. The summed E-state index contributed by atoms with van der Waals surface area (Å²) in [6.07, 6.45) is -10.7. The van der Waals surface area contributed by atoms with Crippen LogP contribution in [0, 0.1) is 0 Å². The second-order valence-corrected chi connectivity index (χ2v) is 23.7. The van der Waals surface area contributed by atoms with Gasteiger partial charge in [-0.05, 0) is 119 Å². The van der Waals surface area contributed by atoms with E-state index in [1.807, 2.05) is 27.9 Å². The lowest BCUT2D eigenvalue weighted by Gasteiger charge is -2.48. The van der Waals surface area contributed by atoms with Crippen molar-refractivity contribution in [2.45, 2.75) is 224 Å². The predicted octanol–water partition coefficient (Wildman–Crippen LogP) is -6.22. The first-order valence-electron chi connectivity index (χ1n) is 29.1. The van der Waals surface area contributed by atoms with E-state index in [2.05, 4.69) is 42.5 Å². The number of carbonyl (C=O) groups excluding carboxylic acids is 2. The molecule has 2 saturated carbocycles. The van der Waals surface area contributed by atoms with Crippen LogP contribution in [0.3, 0.4) is 0 Å². The van der Waals surface area contributed by atoms with E-state index in [1.54, 1.807) is 52.2 Å². The first kappa shape index (κ1) is 66.7. The standard InChI is InChI=1S/C54H98N12O16/c1-25(59-5)35-15-13-33(49(77-35)79-41-29(55)21-31(57)43(37(41)67)81-51-39(69)45(61-7)53(3,73)23-75-51)63-17-19-65-47(71)27-9-11-28(12-10-27)48(72)66-20-18-64-34-14-16-36(26(2)60-6)78-50(34)80-42-30(56)22-32(58)44(38(42)68)82-52-40(70)46(62-8)54(4,74)24-76-52/h9-12,25-26,29-46,49-52,59-64,67-70,73-74H,13-24,55-58H2,1-8H3,(H,65,71)(H,66,72)/t25?,26?,29-,30-,31+,32+,33+,34?,35-,36-,37-,38-,39+,40+,41?,42?,43?,44?,45+,46+,49?,50?,51?,52?,53-,54-/m0/s1. The average Bonchev–Trinajstić information content (AvgIpc) is 3.51. The molecule has 4 saturated heterocycles. The molecule has 470 valence electrons. The number of ether oxygens (including phenoxy) is 8. The Kier molecular flexibility index (Phi) is 24.2. The summed E-state index contributed by atoms with van der Waals surface area (Å²) in [7, 11) is 6.91. The van der Waals surface area contributed by atoms with Gasteiger partial charge >= 0.3 is 0 Å². The van der Waals surface area contributed by atoms with E-state index in [-0.39, 0.29) is 87.3 Å². The number of aliphatic hydroxyl groups is 6. The molecule has 11 unspecified atom stereocenters. The third-order valence-corrected chi connectivity index (χ3v) is 17.4. The van der Waals surface area contributed by atoms with Crippen LogP contribution in [-0.2, 0) is 37.9 Å². The molecule has 7 rings (SSSR count). The molecule has 0 bridgehead atoms. The summed E-state index contributed by atoms with van der Waals surface area (Å²) < 4.78 is 49.7. The Bertz CT molecular complexity index is 2000. The van der Waals surface area contributed by atoms with Crippen molar-refractivity contribution in [3.05, 3.63) is 35.4 Å². The van der Waals surface area contributed by atoms with Crippen molar-refractivity contribution >= 4 is 11.8 Å². The molecule has 1 aromatic rings. The van der Waals surface area contributed by atoms with Crippen LogP contribution in [0.1, 0.15) is 86.9 Å². The molecule has 26 atom stereocenters. The number of amides is 2. The zero-order chi connectivity index (χ0) is 59.8. The molecule has 2 aliphatic carbocycles. The number of aliphatic hydroxyl groups excluding tert-OH is 4. The Labute approximate surface area is 481 Å². The summed E-state index contributed by atoms with van der Waals surface area (Å²) in [4.78, 5) is 26.6. The number of likely N-dealkylation sites (N-methyl/N-ethyl adjacent to an activating group) is 4. The van der Waals surface area contributed by atoms with Gasteiger partial charge in [0.2, 0.25) is 0 Å². The minimum absolute atomic E-state index is 0.0200. The van der Waals surface area contributed by atoms with Gasteiger partial charge in [0, 0.05) is 73.6 Å². The van der Waals surface area contributed by atoms with E-state index in [4.69, 9.17) is 60.8 Å². The first-order valence-corrected chi connectivity index (χ1v) is 29.1. The zero-order valence-corrected chi connectivity index (χ0v) is 48.7. The van der Waals surface area contributed by atoms with Crippen molar-refractivity contribution < 1.29 is 78.1 Å². The molecule has 28 nitrogen and oxygen atoms in total. The molecular weight excluding hydrogens is 1070 g/mol. The molecule has 22 N–H and O–H groups in total. The van der Waals surface area contributed by atoms with Gasteiger partial charge in [0.1, 0.15) is 60.0 Å². The van der Waals surface area contributed by atoms with Crippen LogP contribution >= 0.6 is 0 Å². The highest BCUT2D eigenvalue weighted by Crippen LogP contribution is 2.35. The van der Waals surface area contributed by atoms with E-state index in [9.17, 15) is 40.2 Å². The van der Waals surface area contributed by atoms with Crippen molar-refractivity contribution in [1.82, 2.24) is 42.5 Å². The van der Waals surface area contributed by atoms with Crippen molar-refractivity contribution in [1.29, 1.82) is 0 Å². The third kappa shape index (κ3) is 16.0. The Morgan fingerprint density at radius 1 is 0.549 bits per heavy atom. The highest BCUT2D eigenvalue weighted by molar-refractivity contribution is 5.97. The van der Waals surface area contributed by atoms with Gasteiger partial charge in [0.05, 0.1) is 49.6 Å². The summed E-state index contributed by atoms with van der Waals surface area (Å²) in [5.74, 6) is -0.687. The Balaban J connectivity index is 0.875. The zero-order valence-electron chi connectivity index (χ0n) is 48.7. The molecule has 82 heavy (non-hydrogen) atoms. The quantitative estimate of drug-likeness (QED) is 0.0428. The minimum Gasteiger partial charge on any atom is -0.388 e. The van der Waals surface area contributed by atoms with E-state index in [0.29, 0.717) is 49.9 Å². The van der Waals surface area contributed by atoms with Crippen LogP contribution in [0.25, 0.3) is 0 Å². The van der Waals surface area contributed by atoms with Gasteiger partial charge in [-0.2, -0.15) is 0 Å². The lowest BCUT2D eigenvalue weighted by atomic mass is 9.84. The fourth-order valence-electron chi connectivity index (χ4n) is 12.3. The average molecular weight is 1170 g/mol. The van der Waals surface area contributed by atoms with Crippen molar-refractivity contribution in [3.63, 3.8) is 0 Å². The summed E-state index contributed by atoms with van der Waals surface area (Å²) >= 11 is 0. The topological polar surface area (TPSA) is 430 Å². The highest BCUT2D eigenvalue weighted by atomic mass is 16.7. The molecule has 0 radical (unpaired) electrons. The number of hydrogen-bond donors (Lipinski definition) is 18. The van der Waals surface area contributed by atoms with E-state index < -0.39 is 121 Å². The molecule has 0 spiro atoms. The van der Waals surface area contributed by atoms with Crippen LogP contribution in [0.15, 0.2) is 24.3 Å². The second-order valence-electron chi connectivity index (χ2n) is 23.7. The molecule has 2 amide bonds. The number of carbonyl (C=O) groups is 2. The van der Waals surface area contributed by atoms with Crippen LogP contribution in [0.2, 0.25) is 0 Å². The van der Waals surface area contributed by atoms with Gasteiger partial charge in [-0.25, -0.2) is 0 Å². The molecule has 4 aliphatic heterocycles. The van der Waals surface area contributed by atoms with Gasteiger partial charge in [0.15, 0.2) is 25.2 Å². The van der Waals surface area contributed by atoms with Gasteiger partial charge in [-0.15, -0.1) is 0 Å². The lowest BCUT2D eigenvalue weighted by Crippen LogP contribution is -2.68. The molecular formula is C54H98N12O16. The normalized spacial score (nSPS) is 42.7. The summed E-state index contributed by atoms with van der Waals surface area (Å²) in [6.45, 7) is 7.99. The second kappa shape index (κ2) is 29.7. The van der Waals surface area contributed by atoms with Crippen LogP contribution in [0.4, 0.5) is 0 Å². The number of nitrogens with two attached hydrogens (primary N) is 4. The first-order chi connectivity index (χ1) is 38.9. The third-order valence-electron chi connectivity index (χ3n) is 17.4. The largest absolute Gasteiger partial charge is 0.388 e. The maximum absolute atomic E-state index is 13.3. The van der Waals surface area contributed by atoms with Gasteiger partial charge in [-0.3, -0.25) is 9.59 Å². The number of rotatable bonds is 24. The lowest BCUT2D eigenvalue weighted by molar-refractivity contribution is -0.308. The molecule has 4 heterocycles.